The highest BCUT2D eigenvalue weighted by atomic mass is 79.9. The van der Waals surface area contributed by atoms with Crippen molar-refractivity contribution >= 4 is 38.4 Å². The van der Waals surface area contributed by atoms with Crippen LogP contribution < -0.4 is 10.1 Å². The molecule has 122 valence electrons. The normalized spacial score (nSPS) is 10.6. The van der Waals surface area contributed by atoms with Crippen molar-refractivity contribution in [1.29, 1.82) is 0 Å². The lowest BCUT2D eigenvalue weighted by Gasteiger charge is -2.09. The van der Waals surface area contributed by atoms with Crippen LogP contribution in [-0.2, 0) is 4.79 Å². The minimum Gasteiger partial charge on any atom is -0.467 e. The molecular formula is C17H13BrFN3O2. The van der Waals surface area contributed by atoms with Crippen molar-refractivity contribution < 1.29 is 13.9 Å². The summed E-state index contributed by atoms with van der Waals surface area (Å²) < 4.78 is 19.8. The molecule has 1 amide bonds. The highest BCUT2D eigenvalue weighted by Gasteiger charge is 2.09. The number of hydrogen-bond acceptors (Lipinski definition) is 4. The summed E-state index contributed by atoms with van der Waals surface area (Å²) in [7, 11) is 0. The molecule has 0 aliphatic rings. The molecule has 24 heavy (non-hydrogen) atoms. The Hall–Kier alpha value is -2.54. The highest BCUT2D eigenvalue weighted by Crippen LogP contribution is 2.24. The molecular weight excluding hydrogens is 377 g/mol. The number of rotatable bonds is 4. The minimum absolute atomic E-state index is 0.242. The first-order valence-corrected chi connectivity index (χ1v) is 7.91. The molecule has 0 radical (unpaired) electrons. The zero-order valence-corrected chi connectivity index (χ0v) is 14.3. The third-order valence-corrected chi connectivity index (χ3v) is 3.85. The summed E-state index contributed by atoms with van der Waals surface area (Å²) in [5.41, 5.74) is 1.61. The maximum atomic E-state index is 13.5. The van der Waals surface area contributed by atoms with E-state index in [0.717, 1.165) is 4.47 Å². The first kappa shape index (κ1) is 16.3. The van der Waals surface area contributed by atoms with Gasteiger partial charge in [-0.3, -0.25) is 4.79 Å². The molecule has 1 heterocycles. The van der Waals surface area contributed by atoms with Gasteiger partial charge >= 0.3 is 0 Å². The van der Waals surface area contributed by atoms with E-state index >= 15 is 0 Å². The molecule has 0 atom stereocenters. The van der Waals surface area contributed by atoms with Gasteiger partial charge in [0.2, 0.25) is 5.88 Å². The summed E-state index contributed by atoms with van der Waals surface area (Å²) in [6.07, 6.45) is 1.37. The maximum Gasteiger partial charge on any atom is 0.262 e. The Bertz CT molecular complexity index is 917. The molecule has 0 aliphatic carbocycles. The summed E-state index contributed by atoms with van der Waals surface area (Å²) in [4.78, 5) is 20.2. The second-order valence-electron chi connectivity index (χ2n) is 5.14. The predicted octanol–water partition coefficient (Wildman–Crippen LogP) is 3.86. The van der Waals surface area contributed by atoms with E-state index in [1.165, 1.54) is 12.4 Å². The Labute approximate surface area is 146 Å². The number of nitrogens with zero attached hydrogens (tertiary/aromatic N) is 2. The van der Waals surface area contributed by atoms with E-state index in [-0.39, 0.29) is 12.4 Å². The van der Waals surface area contributed by atoms with Crippen LogP contribution in [0.15, 0.2) is 47.2 Å². The number of benzene rings is 2. The van der Waals surface area contributed by atoms with E-state index in [1.54, 1.807) is 19.1 Å². The minimum atomic E-state index is -0.403. The van der Waals surface area contributed by atoms with Crippen LogP contribution in [0.3, 0.4) is 0 Å². The Morgan fingerprint density at radius 2 is 2.08 bits per heavy atom. The van der Waals surface area contributed by atoms with Crippen LogP contribution in [-0.4, -0.2) is 22.5 Å². The van der Waals surface area contributed by atoms with E-state index in [2.05, 4.69) is 31.2 Å². The number of amides is 1. The molecule has 0 unspecified atom stereocenters. The van der Waals surface area contributed by atoms with E-state index in [4.69, 9.17) is 4.74 Å². The van der Waals surface area contributed by atoms with Gasteiger partial charge < -0.3 is 10.1 Å². The van der Waals surface area contributed by atoms with Gasteiger partial charge in [-0.05, 0) is 42.8 Å². The van der Waals surface area contributed by atoms with Crippen molar-refractivity contribution in [2.45, 2.75) is 6.92 Å². The molecule has 3 rings (SSSR count). The van der Waals surface area contributed by atoms with Crippen LogP contribution >= 0.6 is 15.9 Å². The van der Waals surface area contributed by atoms with Crippen molar-refractivity contribution in [1.82, 2.24) is 9.97 Å². The van der Waals surface area contributed by atoms with Gasteiger partial charge in [0.05, 0.1) is 10.9 Å². The van der Waals surface area contributed by atoms with Crippen LogP contribution in [0.2, 0.25) is 0 Å². The smallest absolute Gasteiger partial charge is 0.262 e. The van der Waals surface area contributed by atoms with Crippen molar-refractivity contribution in [3.63, 3.8) is 0 Å². The molecule has 5 nitrogen and oxygen atoms in total. The van der Waals surface area contributed by atoms with Gasteiger partial charge in [0.15, 0.2) is 6.61 Å². The third-order valence-electron chi connectivity index (χ3n) is 3.36. The maximum absolute atomic E-state index is 13.5. The molecule has 0 bridgehead atoms. The van der Waals surface area contributed by atoms with Crippen LogP contribution in [0.1, 0.15) is 5.56 Å². The largest absolute Gasteiger partial charge is 0.467 e. The van der Waals surface area contributed by atoms with Crippen molar-refractivity contribution in [2.75, 3.05) is 11.9 Å². The average Bonchev–Trinajstić information content (AvgIpc) is 2.56. The highest BCUT2D eigenvalue weighted by molar-refractivity contribution is 9.10. The number of fused-ring (bicyclic) bond motifs is 1. The Balaban J connectivity index is 1.70. The fourth-order valence-electron chi connectivity index (χ4n) is 2.12. The predicted molar refractivity (Wildman–Crippen MR) is 92.5 cm³/mol. The fourth-order valence-corrected chi connectivity index (χ4v) is 2.48. The van der Waals surface area contributed by atoms with Gasteiger partial charge in [0.1, 0.15) is 12.1 Å². The number of carbonyl (C=O) groups is 1. The number of carbonyl (C=O) groups excluding carboxylic acids is 1. The monoisotopic (exact) mass is 389 g/mol. The number of nitrogens with one attached hydrogen (secondary N) is 1. The van der Waals surface area contributed by atoms with Crippen LogP contribution in [0.5, 0.6) is 5.88 Å². The summed E-state index contributed by atoms with van der Waals surface area (Å²) in [6, 6.07) is 10.00. The summed E-state index contributed by atoms with van der Waals surface area (Å²) in [5.74, 6) is -0.466. The van der Waals surface area contributed by atoms with E-state index in [1.807, 2.05) is 18.2 Å². The lowest BCUT2D eigenvalue weighted by atomic mass is 10.2. The number of ether oxygens (including phenoxy) is 1. The number of anilines is 1. The Morgan fingerprint density at radius 1 is 1.25 bits per heavy atom. The van der Waals surface area contributed by atoms with E-state index in [0.29, 0.717) is 28.0 Å². The molecule has 0 fully saturated rings. The number of aromatic nitrogens is 2. The summed E-state index contributed by atoms with van der Waals surface area (Å²) in [6.45, 7) is 1.41. The third kappa shape index (κ3) is 3.68. The second kappa shape index (κ2) is 6.92. The lowest BCUT2D eigenvalue weighted by Crippen LogP contribution is -2.20. The van der Waals surface area contributed by atoms with Crippen LogP contribution in [0.4, 0.5) is 10.1 Å². The number of hydrogen-bond donors (Lipinski definition) is 1. The first-order valence-electron chi connectivity index (χ1n) is 7.12. The molecule has 0 spiro atoms. The van der Waals surface area contributed by atoms with Gasteiger partial charge in [-0.2, -0.15) is 0 Å². The van der Waals surface area contributed by atoms with Crippen molar-refractivity contribution in [3.8, 4) is 5.88 Å². The second-order valence-corrected chi connectivity index (χ2v) is 6.06. The average molecular weight is 390 g/mol. The van der Waals surface area contributed by atoms with Gasteiger partial charge in [0.25, 0.3) is 5.91 Å². The van der Waals surface area contributed by atoms with Crippen LogP contribution in [0.25, 0.3) is 10.9 Å². The zero-order valence-electron chi connectivity index (χ0n) is 12.7. The molecule has 0 saturated carbocycles. The van der Waals surface area contributed by atoms with Crippen LogP contribution in [0, 0.1) is 12.7 Å². The molecule has 7 heteroatoms. The van der Waals surface area contributed by atoms with E-state index in [9.17, 15) is 9.18 Å². The summed E-state index contributed by atoms with van der Waals surface area (Å²) in [5, 5.41) is 3.28. The Morgan fingerprint density at radius 3 is 2.88 bits per heavy atom. The molecule has 0 saturated heterocycles. The number of halogens is 2. The topological polar surface area (TPSA) is 64.1 Å². The SMILES string of the molecule is Cc1ccc(NC(=O)COc2ncnc3ccc(Br)cc23)cc1F. The van der Waals surface area contributed by atoms with Gasteiger partial charge in [-0.15, -0.1) is 0 Å². The molecule has 1 N–H and O–H groups in total. The Kier molecular flexibility index (Phi) is 4.71. The first-order chi connectivity index (χ1) is 11.5. The molecule has 3 aromatic rings. The quantitative estimate of drug-likeness (QED) is 0.735. The van der Waals surface area contributed by atoms with Gasteiger partial charge in [-0.1, -0.05) is 22.0 Å². The zero-order chi connectivity index (χ0) is 17.1. The standard InChI is InChI=1S/C17H13BrFN3O2/c1-10-2-4-12(7-14(10)19)22-16(23)8-24-17-13-6-11(18)3-5-15(13)20-9-21-17/h2-7,9H,8H2,1H3,(H,22,23). The van der Waals surface area contributed by atoms with Crippen molar-refractivity contribution in [3.05, 3.63) is 58.6 Å². The van der Waals surface area contributed by atoms with Gasteiger partial charge in [-0.25, -0.2) is 14.4 Å². The molecule has 2 aromatic carbocycles. The molecule has 0 aliphatic heterocycles. The fraction of sp³-hybridized carbons (Fsp3) is 0.118. The summed E-state index contributed by atoms with van der Waals surface area (Å²) >= 11 is 3.38. The van der Waals surface area contributed by atoms with Gasteiger partial charge in [0, 0.05) is 10.2 Å². The lowest BCUT2D eigenvalue weighted by molar-refractivity contribution is -0.118. The van der Waals surface area contributed by atoms with E-state index < -0.39 is 5.91 Å². The van der Waals surface area contributed by atoms with Crippen molar-refractivity contribution in [2.24, 2.45) is 0 Å². The molecule has 1 aromatic heterocycles. The number of aryl methyl sites for hydroxylation is 1.